The van der Waals surface area contributed by atoms with E-state index in [1.165, 1.54) is 0 Å². The number of hydrogen-bond acceptors (Lipinski definition) is 4. The van der Waals surface area contributed by atoms with Crippen LogP contribution in [0.2, 0.25) is 0 Å². The molecule has 1 N–H and O–H groups in total. The molecule has 2 unspecified atom stereocenters. The normalized spacial score (nSPS) is 18.5. The molecule has 3 rings (SSSR count). The molecule has 0 saturated heterocycles. The summed E-state index contributed by atoms with van der Waals surface area (Å²) >= 11 is 0. The second-order valence-electron chi connectivity index (χ2n) is 4.57. The third-order valence-corrected chi connectivity index (χ3v) is 3.34. The Morgan fingerprint density at radius 2 is 2.21 bits per heavy atom. The van der Waals surface area contributed by atoms with E-state index in [2.05, 4.69) is 4.98 Å². The van der Waals surface area contributed by atoms with Gasteiger partial charge in [0.05, 0.1) is 13.3 Å². The van der Waals surface area contributed by atoms with Crippen molar-refractivity contribution >= 4 is 0 Å². The van der Waals surface area contributed by atoms with Crippen LogP contribution in [0.5, 0.6) is 11.5 Å². The zero-order valence-electron chi connectivity index (χ0n) is 10.6. The van der Waals surface area contributed by atoms with Gasteiger partial charge in [-0.1, -0.05) is 18.2 Å². The molecule has 4 heteroatoms. The van der Waals surface area contributed by atoms with Crippen molar-refractivity contribution in [3.05, 3.63) is 53.9 Å². The van der Waals surface area contributed by atoms with E-state index in [9.17, 15) is 5.11 Å². The van der Waals surface area contributed by atoms with Gasteiger partial charge < -0.3 is 14.6 Å². The fourth-order valence-electron chi connectivity index (χ4n) is 2.31. The molecule has 2 atom stereocenters. The standard InChI is InChI=1S/C15H15NO3/c1-18-12-6-11(8-16-9-12)15(17)14-7-10-4-2-3-5-13(10)19-14/h2-6,8-9,14-15,17H,7H2,1H3. The van der Waals surface area contributed by atoms with Crippen molar-refractivity contribution in [1.82, 2.24) is 4.98 Å². The van der Waals surface area contributed by atoms with Gasteiger partial charge in [-0.3, -0.25) is 4.98 Å². The lowest BCUT2D eigenvalue weighted by atomic mass is 10.0. The van der Waals surface area contributed by atoms with Crippen LogP contribution in [0.15, 0.2) is 42.7 Å². The Morgan fingerprint density at radius 1 is 1.37 bits per heavy atom. The molecule has 1 aliphatic rings. The molecule has 0 bridgehead atoms. The Hall–Kier alpha value is -2.07. The third-order valence-electron chi connectivity index (χ3n) is 3.34. The highest BCUT2D eigenvalue weighted by Gasteiger charge is 2.30. The van der Waals surface area contributed by atoms with Crippen LogP contribution in [-0.4, -0.2) is 23.3 Å². The topological polar surface area (TPSA) is 51.6 Å². The average Bonchev–Trinajstić information content (AvgIpc) is 2.90. The van der Waals surface area contributed by atoms with Gasteiger partial charge in [-0.2, -0.15) is 0 Å². The van der Waals surface area contributed by atoms with Crippen molar-refractivity contribution in [1.29, 1.82) is 0 Å². The van der Waals surface area contributed by atoms with E-state index < -0.39 is 6.10 Å². The van der Waals surface area contributed by atoms with Crippen LogP contribution in [0.1, 0.15) is 17.2 Å². The number of ether oxygens (including phenoxy) is 2. The molecule has 1 aromatic heterocycles. The highest BCUT2D eigenvalue weighted by molar-refractivity contribution is 5.38. The number of fused-ring (bicyclic) bond motifs is 1. The van der Waals surface area contributed by atoms with Crippen LogP contribution >= 0.6 is 0 Å². The lowest BCUT2D eigenvalue weighted by Crippen LogP contribution is -2.23. The van der Waals surface area contributed by atoms with Gasteiger partial charge in [-0.15, -0.1) is 0 Å². The van der Waals surface area contributed by atoms with Crippen LogP contribution in [0, 0.1) is 0 Å². The molecule has 1 aliphatic heterocycles. The second-order valence-corrected chi connectivity index (χ2v) is 4.57. The molecule has 98 valence electrons. The number of hydrogen-bond donors (Lipinski definition) is 1. The van der Waals surface area contributed by atoms with Gasteiger partial charge in [0.15, 0.2) is 0 Å². The fraction of sp³-hybridized carbons (Fsp3) is 0.267. The molecule has 0 fully saturated rings. The molecular weight excluding hydrogens is 242 g/mol. The number of aliphatic hydroxyl groups is 1. The molecule has 2 aromatic rings. The Balaban J connectivity index is 1.80. The summed E-state index contributed by atoms with van der Waals surface area (Å²) in [5.41, 5.74) is 1.83. The van der Waals surface area contributed by atoms with E-state index >= 15 is 0 Å². The van der Waals surface area contributed by atoms with Crippen LogP contribution < -0.4 is 9.47 Å². The minimum atomic E-state index is -0.713. The first-order chi connectivity index (χ1) is 9.28. The van der Waals surface area contributed by atoms with Crippen molar-refractivity contribution < 1.29 is 14.6 Å². The van der Waals surface area contributed by atoms with Crippen molar-refractivity contribution in [3.8, 4) is 11.5 Å². The number of nitrogens with zero attached hydrogens (tertiary/aromatic N) is 1. The molecule has 2 heterocycles. The second kappa shape index (κ2) is 4.90. The van der Waals surface area contributed by atoms with Gasteiger partial charge in [-0.05, 0) is 17.7 Å². The molecule has 19 heavy (non-hydrogen) atoms. The molecule has 4 nitrogen and oxygen atoms in total. The minimum absolute atomic E-state index is 0.272. The summed E-state index contributed by atoms with van der Waals surface area (Å²) in [7, 11) is 1.58. The zero-order valence-corrected chi connectivity index (χ0v) is 10.6. The summed E-state index contributed by atoms with van der Waals surface area (Å²) in [6.45, 7) is 0. The summed E-state index contributed by atoms with van der Waals surface area (Å²) in [5.74, 6) is 1.48. The first kappa shape index (κ1) is 12.0. The summed E-state index contributed by atoms with van der Waals surface area (Å²) in [5, 5.41) is 10.4. The lowest BCUT2D eigenvalue weighted by Gasteiger charge is -2.18. The number of benzene rings is 1. The smallest absolute Gasteiger partial charge is 0.137 e. The first-order valence-corrected chi connectivity index (χ1v) is 6.19. The highest BCUT2D eigenvalue weighted by Crippen LogP contribution is 2.34. The van der Waals surface area contributed by atoms with Crippen molar-refractivity contribution in [3.63, 3.8) is 0 Å². The fourth-order valence-corrected chi connectivity index (χ4v) is 2.31. The third kappa shape index (κ3) is 2.27. The van der Waals surface area contributed by atoms with Gasteiger partial charge in [0.2, 0.25) is 0 Å². The number of rotatable bonds is 3. The molecule has 0 spiro atoms. The monoisotopic (exact) mass is 257 g/mol. The van der Waals surface area contributed by atoms with Crippen LogP contribution in [0.3, 0.4) is 0 Å². The molecule has 1 aromatic carbocycles. The Kier molecular flexibility index (Phi) is 3.09. The number of methoxy groups -OCH3 is 1. The molecule has 0 aliphatic carbocycles. The van der Waals surface area contributed by atoms with E-state index in [1.807, 2.05) is 24.3 Å². The maximum atomic E-state index is 10.4. The number of pyridine rings is 1. The van der Waals surface area contributed by atoms with Crippen molar-refractivity contribution in [2.75, 3.05) is 7.11 Å². The minimum Gasteiger partial charge on any atom is -0.495 e. The summed E-state index contributed by atoms with van der Waals surface area (Å²) in [6.07, 6.45) is 2.97. The lowest BCUT2D eigenvalue weighted by molar-refractivity contribution is 0.0488. The van der Waals surface area contributed by atoms with Gasteiger partial charge in [0.1, 0.15) is 23.7 Å². The van der Waals surface area contributed by atoms with Gasteiger partial charge >= 0.3 is 0 Å². The van der Waals surface area contributed by atoms with E-state index in [1.54, 1.807) is 25.6 Å². The predicted molar refractivity (Wildman–Crippen MR) is 70.3 cm³/mol. The zero-order chi connectivity index (χ0) is 13.2. The van der Waals surface area contributed by atoms with E-state index in [0.717, 1.165) is 11.3 Å². The summed E-state index contributed by atoms with van der Waals surface area (Å²) in [6, 6.07) is 9.63. The number of aromatic nitrogens is 1. The van der Waals surface area contributed by atoms with Gasteiger partial charge in [0.25, 0.3) is 0 Å². The largest absolute Gasteiger partial charge is 0.495 e. The van der Waals surface area contributed by atoms with Crippen molar-refractivity contribution in [2.45, 2.75) is 18.6 Å². The van der Waals surface area contributed by atoms with E-state index in [0.29, 0.717) is 17.7 Å². The Bertz CT molecular complexity index is 560. The van der Waals surface area contributed by atoms with Crippen LogP contribution in [0.25, 0.3) is 0 Å². The Morgan fingerprint density at radius 3 is 3.00 bits per heavy atom. The van der Waals surface area contributed by atoms with Gasteiger partial charge in [0, 0.05) is 18.2 Å². The quantitative estimate of drug-likeness (QED) is 0.915. The van der Waals surface area contributed by atoms with E-state index in [4.69, 9.17) is 9.47 Å². The number of para-hydroxylation sites is 1. The summed E-state index contributed by atoms with van der Waals surface area (Å²) in [4.78, 5) is 4.06. The SMILES string of the molecule is COc1cncc(C(O)C2Cc3ccccc3O2)c1. The average molecular weight is 257 g/mol. The van der Waals surface area contributed by atoms with Crippen molar-refractivity contribution in [2.24, 2.45) is 0 Å². The van der Waals surface area contributed by atoms with Crippen LogP contribution in [0.4, 0.5) is 0 Å². The summed E-state index contributed by atoms with van der Waals surface area (Å²) < 4.78 is 10.9. The molecule has 0 amide bonds. The molecule has 0 radical (unpaired) electrons. The predicted octanol–water partition coefficient (Wildman–Crippen LogP) is 2.13. The number of aliphatic hydroxyl groups excluding tert-OH is 1. The van der Waals surface area contributed by atoms with Gasteiger partial charge in [-0.25, -0.2) is 0 Å². The first-order valence-electron chi connectivity index (χ1n) is 6.19. The molecule has 0 saturated carbocycles. The van der Waals surface area contributed by atoms with Crippen LogP contribution in [-0.2, 0) is 6.42 Å². The Labute approximate surface area is 111 Å². The molecular formula is C15H15NO3. The maximum absolute atomic E-state index is 10.4. The van der Waals surface area contributed by atoms with E-state index in [-0.39, 0.29) is 6.10 Å². The highest BCUT2D eigenvalue weighted by atomic mass is 16.5. The maximum Gasteiger partial charge on any atom is 0.137 e.